The Morgan fingerprint density at radius 1 is 1.19 bits per heavy atom. The van der Waals surface area contributed by atoms with Gasteiger partial charge in [-0.15, -0.1) is 0 Å². The molecular formula is C20H29N3O3Si. The minimum absolute atomic E-state index is 0.0769. The maximum Gasteiger partial charge on any atom is 0.270 e. The summed E-state index contributed by atoms with van der Waals surface area (Å²) < 4.78 is 6.08. The van der Waals surface area contributed by atoms with Crippen molar-refractivity contribution in [3.05, 3.63) is 42.1 Å². The number of primary amides is 1. The van der Waals surface area contributed by atoms with E-state index in [0.717, 1.165) is 10.9 Å². The van der Waals surface area contributed by atoms with Crippen LogP contribution in [0.1, 0.15) is 37.7 Å². The maximum absolute atomic E-state index is 12.5. The van der Waals surface area contributed by atoms with Crippen LogP contribution in [0.3, 0.4) is 0 Å². The van der Waals surface area contributed by atoms with Crippen LogP contribution in [0, 0.1) is 0 Å². The van der Waals surface area contributed by atoms with Crippen LogP contribution in [-0.4, -0.2) is 37.8 Å². The van der Waals surface area contributed by atoms with Crippen LogP contribution in [0.4, 0.5) is 0 Å². The van der Waals surface area contributed by atoms with E-state index in [4.69, 9.17) is 10.2 Å². The van der Waals surface area contributed by atoms with Gasteiger partial charge in [-0.25, -0.2) is 4.98 Å². The zero-order valence-corrected chi connectivity index (χ0v) is 17.7. The molecule has 27 heavy (non-hydrogen) atoms. The van der Waals surface area contributed by atoms with E-state index in [0.29, 0.717) is 13.0 Å². The first kappa shape index (κ1) is 21.1. The van der Waals surface area contributed by atoms with E-state index in [2.05, 4.69) is 44.2 Å². The van der Waals surface area contributed by atoms with E-state index >= 15 is 0 Å². The molecule has 7 heteroatoms. The Bertz CT molecular complexity index is 831. The molecule has 6 nitrogen and oxygen atoms in total. The van der Waals surface area contributed by atoms with E-state index < -0.39 is 26.2 Å². The van der Waals surface area contributed by atoms with Gasteiger partial charge in [0, 0.05) is 12.0 Å². The van der Waals surface area contributed by atoms with Crippen molar-refractivity contribution in [2.24, 2.45) is 5.73 Å². The lowest BCUT2D eigenvalue weighted by Crippen LogP contribution is -2.47. The van der Waals surface area contributed by atoms with E-state index in [-0.39, 0.29) is 10.7 Å². The lowest BCUT2D eigenvalue weighted by Gasteiger charge is -2.36. The van der Waals surface area contributed by atoms with Crippen LogP contribution < -0.4 is 11.1 Å². The smallest absolute Gasteiger partial charge is 0.270 e. The quantitative estimate of drug-likeness (QED) is 0.713. The van der Waals surface area contributed by atoms with Gasteiger partial charge in [-0.05, 0) is 36.7 Å². The molecule has 0 radical (unpaired) electrons. The summed E-state index contributed by atoms with van der Waals surface area (Å²) in [7, 11) is -1.92. The second-order valence-corrected chi connectivity index (χ2v) is 13.0. The number of benzene rings is 1. The van der Waals surface area contributed by atoms with Gasteiger partial charge in [-0.2, -0.15) is 0 Å². The predicted molar refractivity (Wildman–Crippen MR) is 110 cm³/mol. The first-order valence-electron chi connectivity index (χ1n) is 9.11. The van der Waals surface area contributed by atoms with Gasteiger partial charge in [0.2, 0.25) is 5.91 Å². The number of rotatable bonds is 7. The molecule has 1 heterocycles. The van der Waals surface area contributed by atoms with Crippen LogP contribution in [0.15, 0.2) is 36.4 Å². The predicted octanol–water partition coefficient (Wildman–Crippen LogP) is 3.23. The second-order valence-electron chi connectivity index (χ2n) is 8.22. The number of pyridine rings is 1. The summed E-state index contributed by atoms with van der Waals surface area (Å²) in [5.41, 5.74) is 6.45. The number of carbonyl (C=O) groups is 2. The Labute approximate surface area is 161 Å². The molecule has 2 rings (SSSR count). The van der Waals surface area contributed by atoms with E-state index in [9.17, 15) is 9.59 Å². The normalized spacial score (nSPS) is 13.4. The van der Waals surface area contributed by atoms with Gasteiger partial charge in [0.25, 0.3) is 5.91 Å². The molecule has 1 atom stereocenters. The highest BCUT2D eigenvalue weighted by Crippen LogP contribution is 2.36. The summed E-state index contributed by atoms with van der Waals surface area (Å²) in [6.45, 7) is 11.1. The van der Waals surface area contributed by atoms with Crippen LogP contribution in [0.25, 0.3) is 10.9 Å². The molecule has 0 spiro atoms. The second kappa shape index (κ2) is 8.18. The van der Waals surface area contributed by atoms with E-state index in [1.54, 1.807) is 6.07 Å². The number of aromatic nitrogens is 1. The molecule has 0 bridgehead atoms. The molecular weight excluding hydrogens is 358 g/mol. The average molecular weight is 388 g/mol. The Morgan fingerprint density at radius 2 is 1.85 bits per heavy atom. The molecule has 3 N–H and O–H groups in total. The Morgan fingerprint density at radius 3 is 2.48 bits per heavy atom. The SMILES string of the molecule is CC(C)(C)[Si](C)(C)OCC[C@H](NC(=O)c1ccc2ccccc2n1)C(N)=O. The van der Waals surface area contributed by atoms with Crippen molar-refractivity contribution < 1.29 is 14.0 Å². The van der Waals surface area contributed by atoms with Gasteiger partial charge in [0.15, 0.2) is 8.32 Å². The number of para-hydroxylation sites is 1. The van der Waals surface area contributed by atoms with Crippen LogP contribution in [-0.2, 0) is 9.22 Å². The van der Waals surface area contributed by atoms with Crippen LogP contribution in [0.5, 0.6) is 0 Å². The van der Waals surface area contributed by atoms with Crippen molar-refractivity contribution in [1.29, 1.82) is 0 Å². The summed E-state index contributed by atoms with van der Waals surface area (Å²) in [5.74, 6) is -1.00. The van der Waals surface area contributed by atoms with E-state index in [1.165, 1.54) is 0 Å². The molecule has 1 aromatic carbocycles. The molecule has 146 valence electrons. The third-order valence-corrected chi connectivity index (χ3v) is 9.69. The summed E-state index contributed by atoms with van der Waals surface area (Å²) in [5, 5.41) is 3.71. The molecule has 0 aliphatic carbocycles. The van der Waals surface area contributed by atoms with Crippen molar-refractivity contribution in [3.63, 3.8) is 0 Å². The fourth-order valence-electron chi connectivity index (χ4n) is 2.36. The van der Waals surface area contributed by atoms with Crippen molar-refractivity contribution in [3.8, 4) is 0 Å². The standard InChI is InChI=1S/C20H29N3O3Si/c1-20(2,3)27(4,5)26-13-12-16(18(21)24)23-19(25)17-11-10-14-8-6-7-9-15(14)22-17/h6-11,16H,12-13H2,1-5H3,(H2,21,24)(H,23,25)/t16-/m0/s1. The van der Waals surface area contributed by atoms with Crippen molar-refractivity contribution in [2.75, 3.05) is 6.61 Å². The number of fused-ring (bicyclic) bond motifs is 1. The maximum atomic E-state index is 12.5. The summed E-state index contributed by atoms with van der Waals surface area (Å²) in [6.07, 6.45) is 0.334. The number of hydrogen-bond donors (Lipinski definition) is 2. The minimum Gasteiger partial charge on any atom is -0.417 e. The molecule has 0 aliphatic heterocycles. The topological polar surface area (TPSA) is 94.3 Å². The van der Waals surface area contributed by atoms with Crippen LogP contribution in [0.2, 0.25) is 18.1 Å². The molecule has 0 fully saturated rings. The minimum atomic E-state index is -1.92. The highest BCUT2D eigenvalue weighted by atomic mass is 28.4. The molecule has 0 saturated carbocycles. The largest absolute Gasteiger partial charge is 0.417 e. The Kier molecular flexibility index (Phi) is 6.38. The monoisotopic (exact) mass is 387 g/mol. The lowest BCUT2D eigenvalue weighted by molar-refractivity contribution is -0.120. The van der Waals surface area contributed by atoms with Gasteiger partial charge in [-0.1, -0.05) is 45.0 Å². The third-order valence-electron chi connectivity index (χ3n) is 5.16. The molecule has 2 amide bonds. The summed E-state index contributed by atoms with van der Waals surface area (Å²) in [4.78, 5) is 28.6. The first-order chi connectivity index (χ1) is 12.5. The lowest BCUT2D eigenvalue weighted by atomic mass is 10.1. The third kappa shape index (κ3) is 5.37. The Balaban J connectivity index is 2.02. The number of carbonyl (C=O) groups excluding carboxylic acids is 2. The zero-order valence-electron chi connectivity index (χ0n) is 16.7. The number of nitrogens with zero attached hydrogens (tertiary/aromatic N) is 1. The fraction of sp³-hybridized carbons (Fsp3) is 0.450. The van der Waals surface area contributed by atoms with Gasteiger partial charge in [-0.3, -0.25) is 9.59 Å². The molecule has 1 aromatic heterocycles. The fourth-order valence-corrected chi connectivity index (χ4v) is 3.42. The zero-order chi connectivity index (χ0) is 20.2. The first-order valence-corrected chi connectivity index (χ1v) is 12.0. The number of hydrogen-bond acceptors (Lipinski definition) is 4. The van der Waals surface area contributed by atoms with Crippen molar-refractivity contribution in [1.82, 2.24) is 10.3 Å². The number of amides is 2. The van der Waals surface area contributed by atoms with Gasteiger partial charge >= 0.3 is 0 Å². The highest BCUT2D eigenvalue weighted by Gasteiger charge is 2.37. The van der Waals surface area contributed by atoms with Crippen molar-refractivity contribution in [2.45, 2.75) is 51.4 Å². The molecule has 0 saturated heterocycles. The van der Waals surface area contributed by atoms with Crippen LogP contribution >= 0.6 is 0 Å². The molecule has 0 aliphatic rings. The van der Waals surface area contributed by atoms with E-state index in [1.807, 2.05) is 30.3 Å². The number of nitrogens with one attached hydrogen (secondary N) is 1. The average Bonchev–Trinajstić information content (AvgIpc) is 2.59. The molecule has 0 unspecified atom stereocenters. The Hall–Kier alpha value is -2.25. The number of nitrogens with two attached hydrogens (primary N) is 1. The van der Waals surface area contributed by atoms with Gasteiger partial charge in [0.05, 0.1) is 5.52 Å². The van der Waals surface area contributed by atoms with Gasteiger partial charge < -0.3 is 15.5 Å². The highest BCUT2D eigenvalue weighted by molar-refractivity contribution is 6.74. The van der Waals surface area contributed by atoms with Crippen molar-refractivity contribution >= 4 is 31.0 Å². The van der Waals surface area contributed by atoms with Gasteiger partial charge in [0.1, 0.15) is 11.7 Å². The molecule has 2 aromatic rings. The summed E-state index contributed by atoms with van der Waals surface area (Å²) >= 11 is 0. The summed E-state index contributed by atoms with van der Waals surface area (Å²) in [6, 6.07) is 10.2.